The number of ether oxygens (including phenoxy) is 3. The zero-order valence-corrected chi connectivity index (χ0v) is 23.0. The standard InChI is InChI=1S/C29H37N7O4/c1-2-19-17-31-36-24(30-18-26-32-22-7-6-21(37)15-23(22)35(26)27-9-13-38-27)16-25(33-29(19)36)34-11-4-3-5-20(34)8-12-39-28-10-14-40-28/h6-7,15-17,20,27-28,30,37H,2-5,8-14,18H2,1H3/t20-,27?,28?/m0/s1. The summed E-state index contributed by atoms with van der Waals surface area (Å²) in [6.07, 6.45) is 9.03. The molecule has 1 aromatic carbocycles. The van der Waals surface area contributed by atoms with Gasteiger partial charge >= 0.3 is 0 Å². The molecule has 0 radical (unpaired) electrons. The minimum absolute atomic E-state index is 0.0280. The molecule has 3 atom stereocenters. The van der Waals surface area contributed by atoms with Crippen LogP contribution in [0.2, 0.25) is 0 Å². The molecule has 11 heteroatoms. The van der Waals surface area contributed by atoms with E-state index in [-0.39, 0.29) is 18.3 Å². The molecule has 3 aliphatic rings. The van der Waals surface area contributed by atoms with Crippen molar-refractivity contribution in [3.63, 3.8) is 0 Å². The van der Waals surface area contributed by atoms with Gasteiger partial charge in [-0.1, -0.05) is 6.92 Å². The van der Waals surface area contributed by atoms with Gasteiger partial charge in [0.1, 0.15) is 29.4 Å². The van der Waals surface area contributed by atoms with Gasteiger partial charge in [0, 0.05) is 43.1 Å². The molecule has 40 heavy (non-hydrogen) atoms. The Hall–Kier alpha value is -3.41. The summed E-state index contributed by atoms with van der Waals surface area (Å²) in [5.74, 6) is 2.92. The molecule has 0 spiro atoms. The highest BCUT2D eigenvalue weighted by Crippen LogP contribution is 2.33. The topological polar surface area (TPSA) is 111 Å². The van der Waals surface area contributed by atoms with Gasteiger partial charge in [-0.2, -0.15) is 9.61 Å². The summed E-state index contributed by atoms with van der Waals surface area (Å²) in [7, 11) is 0. The fourth-order valence-corrected chi connectivity index (χ4v) is 5.98. The van der Waals surface area contributed by atoms with Gasteiger partial charge in [0.05, 0.1) is 43.6 Å². The molecule has 0 saturated carbocycles. The van der Waals surface area contributed by atoms with Crippen LogP contribution in [-0.4, -0.2) is 68.0 Å². The Bertz CT molecular complexity index is 1490. The van der Waals surface area contributed by atoms with Crippen LogP contribution >= 0.6 is 0 Å². The highest BCUT2D eigenvalue weighted by molar-refractivity contribution is 5.78. The summed E-state index contributed by atoms with van der Waals surface area (Å²) in [6, 6.07) is 7.77. The number of benzene rings is 1. The molecule has 4 aromatic rings. The fourth-order valence-electron chi connectivity index (χ4n) is 5.98. The highest BCUT2D eigenvalue weighted by atomic mass is 16.7. The summed E-state index contributed by atoms with van der Waals surface area (Å²) in [5.41, 5.74) is 3.71. The Kier molecular flexibility index (Phi) is 6.94. The maximum absolute atomic E-state index is 10.1. The average Bonchev–Trinajstić information content (AvgIpc) is 3.49. The molecule has 2 unspecified atom stereocenters. The largest absolute Gasteiger partial charge is 0.508 e. The van der Waals surface area contributed by atoms with E-state index in [9.17, 15) is 5.11 Å². The van der Waals surface area contributed by atoms with Gasteiger partial charge in [0.15, 0.2) is 11.9 Å². The average molecular weight is 548 g/mol. The number of nitrogens with one attached hydrogen (secondary N) is 1. The predicted octanol–water partition coefficient (Wildman–Crippen LogP) is 4.39. The van der Waals surface area contributed by atoms with Gasteiger partial charge in [0.25, 0.3) is 0 Å². The highest BCUT2D eigenvalue weighted by Gasteiger charge is 2.28. The fraction of sp³-hybridized carbons (Fsp3) is 0.552. The number of imidazole rings is 1. The molecular weight excluding hydrogens is 510 g/mol. The van der Waals surface area contributed by atoms with E-state index >= 15 is 0 Å². The van der Waals surface area contributed by atoms with E-state index in [0.717, 1.165) is 98.0 Å². The van der Waals surface area contributed by atoms with Crippen molar-refractivity contribution in [1.29, 1.82) is 0 Å². The zero-order chi connectivity index (χ0) is 27.1. The third-order valence-electron chi connectivity index (χ3n) is 8.38. The molecule has 212 valence electrons. The van der Waals surface area contributed by atoms with Gasteiger partial charge in [-0.25, -0.2) is 9.97 Å². The van der Waals surface area contributed by atoms with Crippen molar-refractivity contribution >= 4 is 28.3 Å². The first-order chi connectivity index (χ1) is 19.7. The number of piperidine rings is 1. The minimum Gasteiger partial charge on any atom is -0.508 e. The van der Waals surface area contributed by atoms with Crippen molar-refractivity contribution in [3.8, 4) is 5.75 Å². The van der Waals surface area contributed by atoms with Crippen LogP contribution in [0.3, 0.4) is 0 Å². The Morgan fingerprint density at radius 1 is 1.10 bits per heavy atom. The molecule has 3 aromatic heterocycles. The number of aromatic hydroxyl groups is 1. The van der Waals surface area contributed by atoms with E-state index < -0.39 is 0 Å². The second kappa shape index (κ2) is 10.9. The van der Waals surface area contributed by atoms with Crippen molar-refractivity contribution in [2.75, 3.05) is 36.6 Å². The molecule has 0 bridgehead atoms. The SMILES string of the molecule is CCc1cnn2c(NCc3nc4ccc(O)cc4n3C3CCO3)cc(N3CCCC[C@H]3CCOC3CCO3)nc12. The van der Waals surface area contributed by atoms with Gasteiger partial charge in [0.2, 0.25) is 0 Å². The van der Waals surface area contributed by atoms with Crippen LogP contribution in [0.25, 0.3) is 16.7 Å². The van der Waals surface area contributed by atoms with Crippen LogP contribution in [0.4, 0.5) is 11.6 Å². The van der Waals surface area contributed by atoms with E-state index in [4.69, 9.17) is 24.2 Å². The number of fused-ring (bicyclic) bond motifs is 2. The number of phenols is 1. The van der Waals surface area contributed by atoms with E-state index in [1.165, 1.54) is 6.42 Å². The Morgan fingerprint density at radius 2 is 1.98 bits per heavy atom. The summed E-state index contributed by atoms with van der Waals surface area (Å²) in [6.45, 7) is 5.82. The molecule has 0 aliphatic carbocycles. The lowest BCUT2D eigenvalue weighted by Crippen LogP contribution is -2.41. The number of hydrogen-bond donors (Lipinski definition) is 2. The summed E-state index contributed by atoms with van der Waals surface area (Å²) in [4.78, 5) is 12.5. The van der Waals surface area contributed by atoms with Crippen LogP contribution in [0.1, 0.15) is 63.1 Å². The molecule has 6 heterocycles. The van der Waals surface area contributed by atoms with Crippen LogP contribution < -0.4 is 10.2 Å². The normalized spacial score (nSPS) is 22.9. The molecule has 3 saturated heterocycles. The van der Waals surface area contributed by atoms with Crippen molar-refractivity contribution in [3.05, 3.63) is 41.9 Å². The number of hydrogen-bond acceptors (Lipinski definition) is 9. The molecular formula is C29H37N7O4. The molecule has 7 rings (SSSR count). The number of aromatic nitrogens is 5. The number of rotatable bonds is 10. The van der Waals surface area contributed by atoms with Crippen LogP contribution in [0.5, 0.6) is 5.75 Å². The molecule has 3 aliphatic heterocycles. The summed E-state index contributed by atoms with van der Waals surface area (Å²) in [5, 5.41) is 18.4. The number of anilines is 2. The lowest BCUT2D eigenvalue weighted by atomic mass is 9.99. The first kappa shape index (κ1) is 25.6. The lowest BCUT2D eigenvalue weighted by Gasteiger charge is -2.37. The third-order valence-corrected chi connectivity index (χ3v) is 8.38. The Labute approximate surface area is 233 Å². The van der Waals surface area contributed by atoms with Crippen LogP contribution in [-0.2, 0) is 27.2 Å². The summed E-state index contributed by atoms with van der Waals surface area (Å²) < 4.78 is 21.2. The van der Waals surface area contributed by atoms with Crippen molar-refractivity contribution in [1.82, 2.24) is 24.1 Å². The maximum Gasteiger partial charge on any atom is 0.162 e. The first-order valence-corrected chi connectivity index (χ1v) is 14.6. The van der Waals surface area contributed by atoms with E-state index in [1.807, 2.05) is 16.8 Å². The second-order valence-corrected chi connectivity index (χ2v) is 10.9. The zero-order valence-electron chi connectivity index (χ0n) is 23.0. The number of aryl methyl sites for hydroxylation is 1. The Balaban J connectivity index is 1.19. The second-order valence-electron chi connectivity index (χ2n) is 10.9. The monoisotopic (exact) mass is 547 g/mol. The van der Waals surface area contributed by atoms with Crippen LogP contribution in [0.15, 0.2) is 30.5 Å². The maximum atomic E-state index is 10.1. The minimum atomic E-state index is -0.0744. The van der Waals surface area contributed by atoms with Gasteiger partial charge in [-0.3, -0.25) is 4.57 Å². The smallest absolute Gasteiger partial charge is 0.162 e. The van der Waals surface area contributed by atoms with E-state index in [1.54, 1.807) is 12.1 Å². The Morgan fingerprint density at radius 3 is 2.75 bits per heavy atom. The summed E-state index contributed by atoms with van der Waals surface area (Å²) >= 11 is 0. The van der Waals surface area contributed by atoms with Crippen LogP contribution in [0, 0.1) is 0 Å². The van der Waals surface area contributed by atoms with Gasteiger partial charge < -0.3 is 29.5 Å². The van der Waals surface area contributed by atoms with Crippen molar-refractivity contribution < 1.29 is 19.3 Å². The molecule has 0 amide bonds. The van der Waals surface area contributed by atoms with Gasteiger partial charge in [-0.15, -0.1) is 0 Å². The quantitative estimate of drug-likeness (QED) is 0.299. The van der Waals surface area contributed by atoms with Crippen molar-refractivity contribution in [2.24, 2.45) is 0 Å². The third kappa shape index (κ3) is 4.76. The van der Waals surface area contributed by atoms with Gasteiger partial charge in [-0.05, 0) is 44.2 Å². The number of phenolic OH excluding ortho intramolecular Hbond substituents is 1. The molecule has 3 fully saturated rings. The molecule has 11 nitrogen and oxygen atoms in total. The predicted molar refractivity (Wildman–Crippen MR) is 151 cm³/mol. The van der Waals surface area contributed by atoms with Crippen molar-refractivity contribution in [2.45, 2.75) is 77.0 Å². The molecule has 2 N–H and O–H groups in total. The lowest BCUT2D eigenvalue weighted by molar-refractivity contribution is -0.215. The van der Waals surface area contributed by atoms with E-state index in [2.05, 4.69) is 32.9 Å². The van der Waals surface area contributed by atoms with E-state index in [0.29, 0.717) is 19.2 Å². The number of nitrogens with zero attached hydrogens (tertiary/aromatic N) is 6. The first-order valence-electron chi connectivity index (χ1n) is 14.6.